The summed E-state index contributed by atoms with van der Waals surface area (Å²) in [7, 11) is 0. The Balaban J connectivity index is 2.09. The van der Waals surface area contributed by atoms with Crippen LogP contribution in [0.5, 0.6) is 0 Å². The number of nitriles is 2. The van der Waals surface area contributed by atoms with Crippen LogP contribution < -0.4 is 0 Å². The number of nitro benzene ring substituents is 2. The van der Waals surface area contributed by atoms with E-state index in [1.807, 2.05) is 0 Å². The van der Waals surface area contributed by atoms with Gasteiger partial charge in [-0.15, -0.1) is 0 Å². The molecule has 0 N–H and O–H groups in total. The molecule has 1 fully saturated rings. The van der Waals surface area contributed by atoms with Gasteiger partial charge < -0.3 is 0 Å². The molecule has 2 aromatic rings. The Hall–Kier alpha value is -4.11. The summed E-state index contributed by atoms with van der Waals surface area (Å²) < 4.78 is 0. The summed E-state index contributed by atoms with van der Waals surface area (Å²) in [6, 6.07) is 15.1. The van der Waals surface area contributed by atoms with Gasteiger partial charge in [0.05, 0.1) is 22.0 Å². The van der Waals surface area contributed by atoms with Crippen LogP contribution in [0.4, 0.5) is 11.4 Å². The highest BCUT2D eigenvalue weighted by Crippen LogP contribution is 2.53. The van der Waals surface area contributed by atoms with Crippen molar-refractivity contribution in [3.8, 4) is 12.1 Å². The minimum absolute atomic E-state index is 0.0393. The lowest BCUT2D eigenvalue weighted by molar-refractivity contribution is -0.385. The van der Waals surface area contributed by atoms with Crippen LogP contribution >= 0.6 is 0 Å². The Labute approximate surface area is 165 Å². The third-order valence-corrected chi connectivity index (χ3v) is 5.35. The fourth-order valence-electron chi connectivity index (χ4n) is 3.86. The summed E-state index contributed by atoms with van der Waals surface area (Å²) in [5.74, 6) is -1.71. The number of hydrogen-bond donors (Lipinski definition) is 0. The molecule has 29 heavy (non-hydrogen) atoms. The van der Waals surface area contributed by atoms with E-state index in [-0.39, 0.29) is 30.0 Å². The van der Waals surface area contributed by atoms with Gasteiger partial charge in [0.2, 0.25) is 0 Å². The predicted molar refractivity (Wildman–Crippen MR) is 99.6 cm³/mol. The third-order valence-electron chi connectivity index (χ3n) is 5.35. The number of rotatable bonds is 4. The van der Waals surface area contributed by atoms with Crippen LogP contribution in [-0.2, 0) is 4.79 Å². The van der Waals surface area contributed by atoms with Gasteiger partial charge in [-0.3, -0.25) is 25.0 Å². The van der Waals surface area contributed by atoms with E-state index in [0.29, 0.717) is 11.1 Å². The van der Waals surface area contributed by atoms with Crippen LogP contribution in [0, 0.1) is 48.3 Å². The molecule has 0 spiro atoms. The van der Waals surface area contributed by atoms with Crippen LogP contribution in [0.3, 0.4) is 0 Å². The van der Waals surface area contributed by atoms with E-state index >= 15 is 0 Å². The first-order chi connectivity index (χ1) is 13.8. The number of hydrogen-bond acceptors (Lipinski definition) is 7. The lowest BCUT2D eigenvalue weighted by atomic mass is 9.57. The highest BCUT2D eigenvalue weighted by atomic mass is 16.6. The van der Waals surface area contributed by atoms with Crippen LogP contribution in [0.15, 0.2) is 48.5 Å². The number of carbonyl (C=O) groups excluding carboxylic acids is 1. The van der Waals surface area contributed by atoms with Gasteiger partial charge in [-0.25, -0.2) is 0 Å². The monoisotopic (exact) mass is 390 g/mol. The van der Waals surface area contributed by atoms with Crippen molar-refractivity contribution in [2.75, 3.05) is 0 Å². The van der Waals surface area contributed by atoms with Crippen LogP contribution in [-0.4, -0.2) is 15.6 Å². The van der Waals surface area contributed by atoms with Gasteiger partial charge in [-0.2, -0.15) is 10.5 Å². The fraction of sp³-hybridized carbons (Fsp3) is 0.250. The summed E-state index contributed by atoms with van der Waals surface area (Å²) >= 11 is 0. The summed E-state index contributed by atoms with van der Waals surface area (Å²) in [6.45, 7) is 0. The van der Waals surface area contributed by atoms with Crippen molar-refractivity contribution in [1.82, 2.24) is 0 Å². The summed E-state index contributed by atoms with van der Waals surface area (Å²) in [6.07, 6.45) is -0.0785. The smallest absolute Gasteiger partial charge is 0.269 e. The van der Waals surface area contributed by atoms with Crippen LogP contribution in [0.1, 0.15) is 35.8 Å². The normalized spacial score (nSPS) is 20.3. The van der Waals surface area contributed by atoms with E-state index in [9.17, 15) is 35.5 Å². The molecule has 9 heteroatoms. The molecule has 144 valence electrons. The number of ketones is 1. The first-order valence-corrected chi connectivity index (χ1v) is 8.65. The summed E-state index contributed by atoms with van der Waals surface area (Å²) in [5, 5.41) is 41.7. The maximum atomic E-state index is 12.5. The molecular formula is C20H14N4O5. The van der Waals surface area contributed by atoms with Gasteiger partial charge in [0.1, 0.15) is 5.78 Å². The highest BCUT2D eigenvalue weighted by Gasteiger charge is 2.52. The molecule has 1 saturated carbocycles. The van der Waals surface area contributed by atoms with Gasteiger partial charge in [0, 0.05) is 48.9 Å². The topological polar surface area (TPSA) is 151 Å². The van der Waals surface area contributed by atoms with Crippen molar-refractivity contribution in [1.29, 1.82) is 10.5 Å². The number of non-ortho nitro benzene ring substituents is 2. The minimum atomic E-state index is -1.60. The fourth-order valence-corrected chi connectivity index (χ4v) is 3.86. The van der Waals surface area contributed by atoms with Crippen molar-refractivity contribution < 1.29 is 14.6 Å². The predicted octanol–water partition coefficient (Wildman–Crippen LogP) is 3.77. The van der Waals surface area contributed by atoms with E-state index in [1.165, 1.54) is 48.5 Å². The van der Waals surface area contributed by atoms with Crippen LogP contribution in [0.2, 0.25) is 0 Å². The molecule has 0 radical (unpaired) electrons. The zero-order valence-electron chi connectivity index (χ0n) is 15.0. The Bertz CT molecular complexity index is 979. The molecule has 0 bridgehead atoms. The number of nitro groups is 2. The zero-order valence-corrected chi connectivity index (χ0v) is 15.0. The summed E-state index contributed by atoms with van der Waals surface area (Å²) in [5.41, 5.74) is -0.901. The number of benzene rings is 2. The zero-order chi connectivity index (χ0) is 21.2. The SMILES string of the molecule is N#CC1(C#N)[C@H](c2ccc([N+](=O)[O-])cc2)CC(=O)C[C@H]1c1ccc([N+](=O)[O-])cc1. The molecule has 0 saturated heterocycles. The highest BCUT2D eigenvalue weighted by molar-refractivity contribution is 5.82. The molecular weight excluding hydrogens is 376 g/mol. The molecule has 0 unspecified atom stereocenters. The Morgan fingerprint density at radius 3 is 1.41 bits per heavy atom. The molecule has 2 aromatic carbocycles. The van der Waals surface area contributed by atoms with E-state index < -0.39 is 27.1 Å². The molecule has 2 atom stereocenters. The van der Waals surface area contributed by atoms with Crippen molar-refractivity contribution in [3.63, 3.8) is 0 Å². The number of nitrogens with zero attached hydrogens (tertiary/aromatic N) is 4. The van der Waals surface area contributed by atoms with Gasteiger partial charge >= 0.3 is 0 Å². The first-order valence-electron chi connectivity index (χ1n) is 8.65. The maximum absolute atomic E-state index is 12.5. The molecule has 0 aliphatic heterocycles. The van der Waals surface area contributed by atoms with Gasteiger partial charge in [-0.05, 0) is 11.1 Å². The second kappa shape index (κ2) is 7.49. The molecule has 1 aliphatic carbocycles. The van der Waals surface area contributed by atoms with Gasteiger partial charge in [0.25, 0.3) is 11.4 Å². The van der Waals surface area contributed by atoms with E-state index in [1.54, 1.807) is 0 Å². The average Bonchev–Trinajstić information content (AvgIpc) is 2.73. The van der Waals surface area contributed by atoms with Crippen molar-refractivity contribution in [3.05, 3.63) is 79.9 Å². The molecule has 0 aromatic heterocycles. The third kappa shape index (κ3) is 3.42. The average molecular weight is 390 g/mol. The molecule has 9 nitrogen and oxygen atoms in total. The van der Waals surface area contributed by atoms with Gasteiger partial charge in [-0.1, -0.05) is 24.3 Å². The van der Waals surface area contributed by atoms with Gasteiger partial charge in [0.15, 0.2) is 5.41 Å². The van der Waals surface area contributed by atoms with E-state index in [2.05, 4.69) is 12.1 Å². The maximum Gasteiger partial charge on any atom is 0.269 e. The summed E-state index contributed by atoms with van der Waals surface area (Å²) in [4.78, 5) is 33.1. The molecule has 3 rings (SSSR count). The first kappa shape index (κ1) is 19.6. The lowest BCUT2D eigenvalue weighted by Crippen LogP contribution is -2.39. The Morgan fingerprint density at radius 2 is 1.14 bits per heavy atom. The Morgan fingerprint density at radius 1 is 0.793 bits per heavy atom. The molecule has 1 aliphatic rings. The lowest BCUT2D eigenvalue weighted by Gasteiger charge is -2.40. The van der Waals surface area contributed by atoms with Crippen molar-refractivity contribution in [2.24, 2.45) is 5.41 Å². The standard InChI is InChI=1S/C20H14N4O5/c21-11-20(12-22)18(13-1-5-15(6-2-13)23(26)27)9-17(25)10-19(20)14-3-7-16(8-4-14)24(28)29/h1-8,18-19H,9-10H2/t18-,19-/m0/s1. The van der Waals surface area contributed by atoms with E-state index in [4.69, 9.17) is 0 Å². The second-order valence-corrected chi connectivity index (χ2v) is 6.84. The number of Topliss-reactive ketones (excluding diaryl/α,β-unsaturated/α-hetero) is 1. The minimum Gasteiger partial charge on any atom is -0.300 e. The molecule has 0 heterocycles. The molecule has 0 amide bonds. The largest absolute Gasteiger partial charge is 0.300 e. The number of carbonyl (C=O) groups is 1. The van der Waals surface area contributed by atoms with E-state index in [0.717, 1.165) is 0 Å². The quantitative estimate of drug-likeness (QED) is 0.569. The van der Waals surface area contributed by atoms with Crippen LogP contribution in [0.25, 0.3) is 0 Å². The van der Waals surface area contributed by atoms with Crippen molar-refractivity contribution in [2.45, 2.75) is 24.7 Å². The van der Waals surface area contributed by atoms with Crippen molar-refractivity contribution >= 4 is 17.2 Å². The second-order valence-electron chi connectivity index (χ2n) is 6.84. The Kier molecular flexibility index (Phi) is 5.07.